The highest BCUT2D eigenvalue weighted by Gasteiger charge is 2.22. The van der Waals surface area contributed by atoms with Gasteiger partial charge in [-0.1, -0.05) is 29.8 Å². The van der Waals surface area contributed by atoms with Crippen molar-refractivity contribution in [2.24, 2.45) is 5.92 Å². The molecule has 0 aliphatic rings. The summed E-state index contributed by atoms with van der Waals surface area (Å²) in [4.78, 5) is 24.2. The summed E-state index contributed by atoms with van der Waals surface area (Å²) in [5, 5.41) is 0. The second-order valence-corrected chi connectivity index (χ2v) is 4.95. The zero-order chi connectivity index (χ0) is 12.7. The molecule has 0 aliphatic carbocycles. The number of halogens is 1. The molecule has 1 atom stereocenters. The number of hydrogen-bond donors (Lipinski definition) is 0. The number of nitrogens with zero attached hydrogens (tertiary/aromatic N) is 1. The standard InChI is InChI=1S/C11H20BrNO3/c1-5-16-9(14)6-7-13(4)11(15)10(12)8(2)3/h8,10H,5-7H2,1-4H3. The van der Waals surface area contributed by atoms with Gasteiger partial charge in [0, 0.05) is 13.6 Å². The van der Waals surface area contributed by atoms with Gasteiger partial charge in [-0.2, -0.15) is 0 Å². The third-order valence-corrected chi connectivity index (χ3v) is 3.60. The molecule has 4 nitrogen and oxygen atoms in total. The van der Waals surface area contributed by atoms with E-state index in [0.717, 1.165) is 0 Å². The molecule has 0 aliphatic heterocycles. The molecule has 0 bridgehead atoms. The molecule has 94 valence electrons. The van der Waals surface area contributed by atoms with Crippen molar-refractivity contribution in [2.45, 2.75) is 32.0 Å². The van der Waals surface area contributed by atoms with Crippen molar-refractivity contribution >= 4 is 27.8 Å². The van der Waals surface area contributed by atoms with Crippen LogP contribution >= 0.6 is 15.9 Å². The average molecular weight is 294 g/mol. The molecule has 0 N–H and O–H groups in total. The van der Waals surface area contributed by atoms with Crippen molar-refractivity contribution in [1.29, 1.82) is 0 Å². The molecule has 0 aromatic carbocycles. The molecular formula is C11H20BrNO3. The average Bonchev–Trinajstić information content (AvgIpc) is 2.24. The van der Waals surface area contributed by atoms with Crippen LogP contribution in [-0.4, -0.2) is 41.8 Å². The number of ether oxygens (including phenoxy) is 1. The van der Waals surface area contributed by atoms with Crippen LogP contribution in [0.4, 0.5) is 0 Å². The molecule has 0 spiro atoms. The van der Waals surface area contributed by atoms with Crippen molar-refractivity contribution in [3.8, 4) is 0 Å². The number of carbonyl (C=O) groups excluding carboxylic acids is 2. The van der Waals surface area contributed by atoms with Gasteiger partial charge >= 0.3 is 5.97 Å². The minimum Gasteiger partial charge on any atom is -0.466 e. The van der Waals surface area contributed by atoms with Crippen LogP contribution in [0.1, 0.15) is 27.2 Å². The van der Waals surface area contributed by atoms with Crippen LogP contribution in [0.5, 0.6) is 0 Å². The Morgan fingerprint density at radius 3 is 2.38 bits per heavy atom. The quantitative estimate of drug-likeness (QED) is 0.554. The van der Waals surface area contributed by atoms with Gasteiger partial charge < -0.3 is 9.64 Å². The first-order valence-corrected chi connectivity index (χ1v) is 6.36. The van der Waals surface area contributed by atoms with Gasteiger partial charge in [0.25, 0.3) is 0 Å². The lowest BCUT2D eigenvalue weighted by atomic mass is 10.1. The summed E-state index contributed by atoms with van der Waals surface area (Å²) in [6, 6.07) is 0. The zero-order valence-electron chi connectivity index (χ0n) is 10.3. The summed E-state index contributed by atoms with van der Waals surface area (Å²) in [6.07, 6.45) is 0.244. The maximum Gasteiger partial charge on any atom is 0.307 e. The molecule has 1 unspecified atom stereocenters. The Morgan fingerprint density at radius 1 is 1.38 bits per heavy atom. The summed E-state index contributed by atoms with van der Waals surface area (Å²) in [5.41, 5.74) is 0. The number of alkyl halides is 1. The summed E-state index contributed by atoms with van der Waals surface area (Å²) in [7, 11) is 1.69. The van der Waals surface area contributed by atoms with E-state index < -0.39 is 0 Å². The van der Waals surface area contributed by atoms with Gasteiger partial charge in [-0.25, -0.2) is 0 Å². The molecular weight excluding hydrogens is 274 g/mol. The number of carbonyl (C=O) groups is 2. The highest BCUT2D eigenvalue weighted by Crippen LogP contribution is 2.14. The fraction of sp³-hybridized carbons (Fsp3) is 0.818. The van der Waals surface area contributed by atoms with Gasteiger partial charge in [0.15, 0.2) is 0 Å². The van der Waals surface area contributed by atoms with Crippen molar-refractivity contribution in [2.75, 3.05) is 20.2 Å². The fourth-order valence-corrected chi connectivity index (χ4v) is 1.45. The molecule has 5 heteroatoms. The third-order valence-electron chi connectivity index (χ3n) is 2.15. The summed E-state index contributed by atoms with van der Waals surface area (Å²) < 4.78 is 4.79. The van der Waals surface area contributed by atoms with Crippen LogP contribution in [0.2, 0.25) is 0 Å². The largest absolute Gasteiger partial charge is 0.466 e. The Kier molecular flexibility index (Phi) is 7.38. The highest BCUT2D eigenvalue weighted by molar-refractivity contribution is 9.10. The van der Waals surface area contributed by atoms with Gasteiger partial charge in [-0.3, -0.25) is 9.59 Å². The van der Waals surface area contributed by atoms with Crippen LogP contribution in [-0.2, 0) is 14.3 Å². The molecule has 16 heavy (non-hydrogen) atoms. The molecule has 0 rings (SSSR count). The van der Waals surface area contributed by atoms with Crippen LogP contribution < -0.4 is 0 Å². The maximum absolute atomic E-state index is 11.8. The topological polar surface area (TPSA) is 46.6 Å². The highest BCUT2D eigenvalue weighted by atomic mass is 79.9. The first-order chi connectivity index (χ1) is 7.40. The number of hydrogen-bond acceptors (Lipinski definition) is 3. The summed E-state index contributed by atoms with van der Waals surface area (Å²) in [6.45, 7) is 6.48. The Labute approximate surface area is 105 Å². The smallest absolute Gasteiger partial charge is 0.307 e. The SMILES string of the molecule is CCOC(=O)CCN(C)C(=O)C(Br)C(C)C. The molecule has 0 saturated heterocycles. The van der Waals surface area contributed by atoms with E-state index >= 15 is 0 Å². The Hall–Kier alpha value is -0.580. The normalized spacial score (nSPS) is 12.4. The minimum absolute atomic E-state index is 0.000650. The Bertz CT molecular complexity index is 243. The maximum atomic E-state index is 11.8. The predicted octanol–water partition coefficient (Wildman–Crippen LogP) is 1.82. The summed E-state index contributed by atoms with van der Waals surface area (Å²) in [5.74, 6) is -0.0327. The number of rotatable bonds is 6. The molecule has 0 aromatic heterocycles. The van der Waals surface area contributed by atoms with Gasteiger partial charge in [-0.15, -0.1) is 0 Å². The lowest BCUT2D eigenvalue weighted by molar-refractivity contribution is -0.143. The van der Waals surface area contributed by atoms with Gasteiger partial charge in [-0.05, 0) is 12.8 Å². The molecule has 0 aromatic rings. The van der Waals surface area contributed by atoms with Crippen LogP contribution in [0, 0.1) is 5.92 Å². The van der Waals surface area contributed by atoms with E-state index in [2.05, 4.69) is 15.9 Å². The first kappa shape index (κ1) is 15.4. The minimum atomic E-state index is -0.266. The second kappa shape index (κ2) is 7.65. The Morgan fingerprint density at radius 2 is 1.94 bits per heavy atom. The van der Waals surface area contributed by atoms with Crippen molar-refractivity contribution in [3.05, 3.63) is 0 Å². The van der Waals surface area contributed by atoms with Gasteiger partial charge in [0.05, 0.1) is 17.9 Å². The van der Waals surface area contributed by atoms with Gasteiger partial charge in [0.1, 0.15) is 0 Å². The fourth-order valence-electron chi connectivity index (χ4n) is 1.10. The number of amides is 1. The van der Waals surface area contributed by atoms with E-state index in [1.807, 2.05) is 13.8 Å². The van der Waals surface area contributed by atoms with Crippen molar-refractivity contribution in [3.63, 3.8) is 0 Å². The second-order valence-electron chi connectivity index (χ2n) is 3.96. The van der Waals surface area contributed by atoms with E-state index in [-0.39, 0.29) is 29.0 Å². The van der Waals surface area contributed by atoms with E-state index in [1.54, 1.807) is 18.9 Å². The van der Waals surface area contributed by atoms with E-state index in [4.69, 9.17) is 4.74 Å². The van der Waals surface area contributed by atoms with Crippen LogP contribution in [0.15, 0.2) is 0 Å². The third kappa shape index (κ3) is 5.49. The molecule has 1 amide bonds. The Balaban J connectivity index is 4.01. The molecule has 0 heterocycles. The van der Waals surface area contributed by atoms with E-state index in [9.17, 15) is 9.59 Å². The first-order valence-electron chi connectivity index (χ1n) is 5.44. The van der Waals surface area contributed by atoms with Crippen molar-refractivity contribution < 1.29 is 14.3 Å². The molecule has 0 fully saturated rings. The monoisotopic (exact) mass is 293 g/mol. The lowest BCUT2D eigenvalue weighted by Crippen LogP contribution is -2.37. The molecule has 0 radical (unpaired) electrons. The van der Waals surface area contributed by atoms with Crippen LogP contribution in [0.25, 0.3) is 0 Å². The van der Waals surface area contributed by atoms with Gasteiger partial charge in [0.2, 0.25) is 5.91 Å². The zero-order valence-corrected chi connectivity index (χ0v) is 11.9. The summed E-state index contributed by atoms with van der Waals surface area (Å²) >= 11 is 3.34. The van der Waals surface area contributed by atoms with Crippen LogP contribution in [0.3, 0.4) is 0 Å². The predicted molar refractivity (Wildman–Crippen MR) is 66.4 cm³/mol. The number of esters is 1. The van der Waals surface area contributed by atoms with E-state index in [1.165, 1.54) is 0 Å². The molecule has 0 saturated carbocycles. The van der Waals surface area contributed by atoms with Crippen molar-refractivity contribution in [1.82, 2.24) is 4.90 Å². The lowest BCUT2D eigenvalue weighted by Gasteiger charge is -2.21. The van der Waals surface area contributed by atoms with E-state index in [0.29, 0.717) is 13.2 Å².